The quantitative estimate of drug-likeness (QED) is 0.820. The Balaban J connectivity index is 0.00000139. The summed E-state index contributed by atoms with van der Waals surface area (Å²) in [6.07, 6.45) is 5.81. The lowest BCUT2D eigenvalue weighted by Crippen LogP contribution is -3.15. The molecule has 0 saturated carbocycles. The number of anilines is 1. The van der Waals surface area contributed by atoms with Crippen LogP contribution >= 0.6 is 0 Å². The molecule has 0 aromatic heterocycles. The van der Waals surface area contributed by atoms with Crippen LogP contribution in [0.3, 0.4) is 0 Å². The molecule has 0 spiro atoms. The smallest absolute Gasteiger partial charge is 0.161 e. The van der Waals surface area contributed by atoms with Gasteiger partial charge in [0.2, 0.25) is 0 Å². The van der Waals surface area contributed by atoms with Crippen molar-refractivity contribution in [2.24, 2.45) is 5.41 Å². The molecule has 0 bridgehead atoms. The van der Waals surface area contributed by atoms with Crippen molar-refractivity contribution in [1.29, 1.82) is 0 Å². The molecular formula is C22H39N2+. The van der Waals surface area contributed by atoms with E-state index in [1.165, 1.54) is 28.8 Å². The van der Waals surface area contributed by atoms with Crippen LogP contribution in [0.15, 0.2) is 24.5 Å². The fourth-order valence-corrected chi connectivity index (χ4v) is 4.13. The van der Waals surface area contributed by atoms with Crippen LogP contribution in [0.1, 0.15) is 71.6 Å². The summed E-state index contributed by atoms with van der Waals surface area (Å²) in [6.45, 7) is 23.4. The molecule has 1 aliphatic rings. The fraction of sp³-hybridized carbons (Fsp3) is 0.636. The minimum Gasteiger partial charge on any atom is -0.295 e. The number of nitrogens with one attached hydrogen (secondary N) is 1. The molecule has 2 nitrogen and oxygen atoms in total. The summed E-state index contributed by atoms with van der Waals surface area (Å²) in [5, 5.41) is 0. The number of quaternary nitrogens is 1. The Morgan fingerprint density at radius 2 is 1.46 bits per heavy atom. The van der Waals surface area contributed by atoms with Crippen molar-refractivity contribution in [3.63, 3.8) is 0 Å². The van der Waals surface area contributed by atoms with E-state index in [1.54, 1.807) is 4.90 Å². The van der Waals surface area contributed by atoms with E-state index in [0.29, 0.717) is 5.41 Å². The van der Waals surface area contributed by atoms with Crippen molar-refractivity contribution in [2.75, 3.05) is 11.6 Å². The number of hydrogen-bond acceptors (Lipinski definition) is 1. The Bertz CT molecular complexity index is 553. The molecule has 1 heterocycles. The van der Waals surface area contributed by atoms with Gasteiger partial charge in [-0.15, -0.1) is 0 Å². The Morgan fingerprint density at radius 3 is 1.92 bits per heavy atom. The van der Waals surface area contributed by atoms with E-state index in [0.717, 1.165) is 6.67 Å². The lowest BCUT2D eigenvalue weighted by atomic mass is 9.81. The largest absolute Gasteiger partial charge is 0.295 e. The van der Waals surface area contributed by atoms with E-state index in [-0.39, 0.29) is 5.54 Å². The lowest BCUT2D eigenvalue weighted by molar-refractivity contribution is -0.895. The number of hydrogen-bond donors (Lipinski definition) is 1. The predicted molar refractivity (Wildman–Crippen MR) is 108 cm³/mol. The first kappa shape index (κ1) is 20.8. The summed E-state index contributed by atoms with van der Waals surface area (Å²) in [6, 6.07) is 4.57. The third-order valence-electron chi connectivity index (χ3n) is 4.56. The molecule has 1 aliphatic heterocycles. The van der Waals surface area contributed by atoms with E-state index >= 15 is 0 Å². The molecule has 2 rings (SSSR count). The predicted octanol–water partition coefficient (Wildman–Crippen LogP) is 4.99. The maximum Gasteiger partial charge on any atom is 0.161 e. The van der Waals surface area contributed by atoms with E-state index < -0.39 is 0 Å². The highest BCUT2D eigenvalue weighted by atomic mass is 15.4. The fourth-order valence-electron chi connectivity index (χ4n) is 4.13. The Labute approximate surface area is 150 Å². The van der Waals surface area contributed by atoms with Crippen LogP contribution in [0.2, 0.25) is 0 Å². The number of rotatable bonds is 3. The number of nitrogens with zero attached hydrogens (tertiary/aromatic N) is 1. The molecule has 0 radical (unpaired) electrons. The second kappa shape index (κ2) is 7.74. The Kier molecular flexibility index (Phi) is 6.69. The average molecular weight is 332 g/mol. The van der Waals surface area contributed by atoms with Crippen molar-refractivity contribution >= 4 is 5.69 Å². The summed E-state index contributed by atoms with van der Waals surface area (Å²) in [5.41, 5.74) is 6.07. The maximum atomic E-state index is 2.42. The third-order valence-corrected chi connectivity index (χ3v) is 4.56. The van der Waals surface area contributed by atoms with Gasteiger partial charge in [0.05, 0.1) is 17.4 Å². The molecule has 1 unspecified atom stereocenters. The highest BCUT2D eigenvalue weighted by molar-refractivity contribution is 5.61. The summed E-state index contributed by atoms with van der Waals surface area (Å²) < 4.78 is 0. The highest BCUT2D eigenvalue weighted by Gasteiger charge is 2.37. The topological polar surface area (TPSA) is 7.68 Å². The van der Waals surface area contributed by atoms with E-state index in [1.807, 2.05) is 13.8 Å². The first-order chi connectivity index (χ1) is 11.0. The van der Waals surface area contributed by atoms with Crippen molar-refractivity contribution in [1.82, 2.24) is 0 Å². The standard InChI is InChI=1S/C20H32N2.C2H6/c1-15-11-16(2)18(17(3)12-15)21-9-10-22(14-21)20(7,8)13-19(4,5)6;1-2/h9-12H,13-14H2,1-8H3;1-2H3/p+1. The first-order valence-corrected chi connectivity index (χ1v) is 9.39. The van der Waals surface area contributed by atoms with Gasteiger partial charge in [0, 0.05) is 6.42 Å². The molecule has 0 aliphatic carbocycles. The van der Waals surface area contributed by atoms with Crippen LogP contribution in [0, 0.1) is 26.2 Å². The van der Waals surface area contributed by atoms with Gasteiger partial charge in [-0.1, -0.05) is 52.3 Å². The van der Waals surface area contributed by atoms with Gasteiger partial charge in [0.15, 0.2) is 6.67 Å². The zero-order valence-electron chi connectivity index (χ0n) is 17.7. The molecule has 1 aromatic carbocycles. The summed E-state index contributed by atoms with van der Waals surface area (Å²) in [7, 11) is 0. The third kappa shape index (κ3) is 5.11. The summed E-state index contributed by atoms with van der Waals surface area (Å²) in [4.78, 5) is 3.96. The molecule has 2 heteroatoms. The van der Waals surface area contributed by atoms with Gasteiger partial charge in [-0.2, -0.15) is 0 Å². The zero-order valence-corrected chi connectivity index (χ0v) is 17.7. The normalized spacial score (nSPS) is 17.8. The molecule has 1 N–H and O–H groups in total. The zero-order chi connectivity index (χ0) is 18.7. The number of aryl methyl sites for hydroxylation is 3. The Morgan fingerprint density at radius 1 is 0.958 bits per heavy atom. The SMILES string of the molecule is CC.Cc1cc(C)c(N2C=C[NH+](C(C)(C)CC(C)(C)C)C2)c(C)c1. The van der Waals surface area contributed by atoms with Gasteiger partial charge in [0.25, 0.3) is 0 Å². The van der Waals surface area contributed by atoms with Gasteiger partial charge in [-0.3, -0.25) is 9.80 Å². The number of benzene rings is 1. The molecule has 1 aromatic rings. The molecule has 24 heavy (non-hydrogen) atoms. The van der Waals surface area contributed by atoms with Crippen LogP contribution in [-0.2, 0) is 0 Å². The van der Waals surface area contributed by atoms with Gasteiger partial charge in [-0.25, -0.2) is 0 Å². The molecule has 0 amide bonds. The van der Waals surface area contributed by atoms with Gasteiger partial charge < -0.3 is 0 Å². The summed E-state index contributed by atoms with van der Waals surface area (Å²) in [5.74, 6) is 0. The van der Waals surface area contributed by atoms with Crippen LogP contribution in [0.25, 0.3) is 0 Å². The van der Waals surface area contributed by atoms with Crippen molar-refractivity contribution in [3.05, 3.63) is 41.2 Å². The highest BCUT2D eigenvalue weighted by Crippen LogP contribution is 2.28. The average Bonchev–Trinajstić information content (AvgIpc) is 2.87. The van der Waals surface area contributed by atoms with E-state index in [2.05, 4.69) is 84.8 Å². The van der Waals surface area contributed by atoms with Gasteiger partial charge in [-0.05, 0) is 51.2 Å². The van der Waals surface area contributed by atoms with Crippen LogP contribution < -0.4 is 9.80 Å². The van der Waals surface area contributed by atoms with Crippen molar-refractivity contribution in [2.45, 2.75) is 81.2 Å². The van der Waals surface area contributed by atoms with Crippen LogP contribution in [0.4, 0.5) is 5.69 Å². The Hall–Kier alpha value is -1.28. The van der Waals surface area contributed by atoms with Gasteiger partial charge in [0.1, 0.15) is 6.20 Å². The molecular weight excluding hydrogens is 292 g/mol. The molecule has 1 atom stereocenters. The summed E-state index contributed by atoms with van der Waals surface area (Å²) >= 11 is 0. The van der Waals surface area contributed by atoms with Crippen molar-refractivity contribution < 1.29 is 4.90 Å². The van der Waals surface area contributed by atoms with E-state index in [4.69, 9.17) is 0 Å². The van der Waals surface area contributed by atoms with Gasteiger partial charge >= 0.3 is 0 Å². The monoisotopic (exact) mass is 331 g/mol. The second-order valence-corrected chi connectivity index (χ2v) is 8.84. The molecule has 0 fully saturated rings. The first-order valence-electron chi connectivity index (χ1n) is 9.39. The lowest BCUT2D eigenvalue weighted by Gasteiger charge is -2.36. The molecule has 0 saturated heterocycles. The van der Waals surface area contributed by atoms with Crippen LogP contribution in [0.5, 0.6) is 0 Å². The van der Waals surface area contributed by atoms with E-state index in [9.17, 15) is 0 Å². The second-order valence-electron chi connectivity index (χ2n) is 8.84. The minimum atomic E-state index is 0.246. The van der Waals surface area contributed by atoms with Crippen LogP contribution in [-0.4, -0.2) is 12.2 Å². The van der Waals surface area contributed by atoms with Crippen molar-refractivity contribution in [3.8, 4) is 0 Å². The maximum absolute atomic E-state index is 2.42. The minimum absolute atomic E-state index is 0.246. The molecule has 136 valence electrons.